The van der Waals surface area contributed by atoms with E-state index in [1.54, 1.807) is 11.9 Å². The number of hydrogen-bond acceptors (Lipinski definition) is 4. The summed E-state index contributed by atoms with van der Waals surface area (Å²) in [6.07, 6.45) is 2.61. The molecule has 0 saturated carbocycles. The molecule has 5 nitrogen and oxygen atoms in total. The van der Waals surface area contributed by atoms with Crippen molar-refractivity contribution in [2.75, 3.05) is 29.3 Å². The van der Waals surface area contributed by atoms with Crippen LogP contribution < -0.4 is 9.21 Å². The Labute approximate surface area is 133 Å². The van der Waals surface area contributed by atoms with Gasteiger partial charge in [-0.3, -0.25) is 9.29 Å². The maximum atomic E-state index is 13.5. The van der Waals surface area contributed by atoms with Crippen LogP contribution in [0.15, 0.2) is 41.6 Å². The molecule has 0 fully saturated rings. The van der Waals surface area contributed by atoms with Crippen molar-refractivity contribution in [3.8, 4) is 0 Å². The van der Waals surface area contributed by atoms with Crippen LogP contribution in [-0.4, -0.2) is 33.5 Å². The predicted octanol–water partition coefficient (Wildman–Crippen LogP) is 2.40. The Morgan fingerprint density at radius 2 is 1.83 bits per heavy atom. The van der Waals surface area contributed by atoms with Gasteiger partial charge in [-0.1, -0.05) is 0 Å². The summed E-state index contributed by atoms with van der Waals surface area (Å²) in [4.78, 5) is 5.18. The second kappa shape index (κ2) is 5.77. The van der Waals surface area contributed by atoms with Crippen LogP contribution in [-0.2, 0) is 10.0 Å². The van der Waals surface area contributed by atoms with E-state index in [1.807, 2.05) is 0 Å². The summed E-state index contributed by atoms with van der Waals surface area (Å²) in [5.74, 6) is -1.17. The van der Waals surface area contributed by atoms with Gasteiger partial charge in [-0.05, 0) is 30.7 Å². The molecule has 8 heteroatoms. The van der Waals surface area contributed by atoms with Crippen LogP contribution >= 0.6 is 0 Å². The third kappa shape index (κ3) is 2.86. The van der Waals surface area contributed by atoms with Gasteiger partial charge in [0.2, 0.25) is 0 Å². The van der Waals surface area contributed by atoms with Crippen LogP contribution in [0.2, 0.25) is 0 Å². The number of aromatic nitrogens is 1. The molecule has 0 amide bonds. The number of fused-ring (bicyclic) bond motifs is 1. The monoisotopic (exact) mass is 339 g/mol. The SMILES string of the molecule is CN1CCCN(S(=O)(=O)c2cncc(F)c2)c2ccc(F)cc21. The molecular formula is C15H15F2N3O2S. The number of benzene rings is 1. The third-order valence-electron chi connectivity index (χ3n) is 3.74. The van der Waals surface area contributed by atoms with Crippen LogP contribution in [0.1, 0.15) is 6.42 Å². The lowest BCUT2D eigenvalue weighted by Gasteiger charge is -2.25. The molecule has 0 spiro atoms. The largest absolute Gasteiger partial charge is 0.373 e. The molecule has 122 valence electrons. The van der Waals surface area contributed by atoms with Crippen molar-refractivity contribution in [3.05, 3.63) is 48.3 Å². The Hall–Kier alpha value is -2.22. The zero-order chi connectivity index (χ0) is 16.6. The Kier molecular flexibility index (Phi) is 3.93. The molecule has 23 heavy (non-hydrogen) atoms. The molecule has 1 aromatic carbocycles. The fraction of sp³-hybridized carbons (Fsp3) is 0.267. The van der Waals surface area contributed by atoms with Gasteiger partial charge in [0.05, 0.1) is 17.6 Å². The third-order valence-corrected chi connectivity index (χ3v) is 5.52. The van der Waals surface area contributed by atoms with E-state index in [4.69, 9.17) is 0 Å². The van der Waals surface area contributed by atoms with Crippen LogP contribution in [0.25, 0.3) is 0 Å². The van der Waals surface area contributed by atoms with Gasteiger partial charge in [-0.2, -0.15) is 0 Å². The molecule has 1 aromatic heterocycles. The highest BCUT2D eigenvalue weighted by molar-refractivity contribution is 7.92. The zero-order valence-corrected chi connectivity index (χ0v) is 13.2. The highest BCUT2D eigenvalue weighted by atomic mass is 32.2. The lowest BCUT2D eigenvalue weighted by atomic mass is 10.2. The Bertz CT molecular complexity index is 842. The summed E-state index contributed by atoms with van der Waals surface area (Å²) in [6, 6.07) is 4.87. The fourth-order valence-corrected chi connectivity index (χ4v) is 4.11. The lowest BCUT2D eigenvalue weighted by Crippen LogP contribution is -2.31. The molecule has 0 unspecified atom stereocenters. The molecule has 0 saturated heterocycles. The lowest BCUT2D eigenvalue weighted by molar-refractivity contribution is 0.583. The summed E-state index contributed by atoms with van der Waals surface area (Å²) in [5.41, 5.74) is 0.853. The van der Waals surface area contributed by atoms with Gasteiger partial charge in [0.1, 0.15) is 16.5 Å². The first-order chi connectivity index (χ1) is 10.9. The van der Waals surface area contributed by atoms with E-state index in [0.717, 1.165) is 18.5 Å². The van der Waals surface area contributed by atoms with E-state index in [9.17, 15) is 17.2 Å². The van der Waals surface area contributed by atoms with Gasteiger partial charge in [0.15, 0.2) is 0 Å². The maximum Gasteiger partial charge on any atom is 0.266 e. The minimum atomic E-state index is -3.98. The average Bonchev–Trinajstić information content (AvgIpc) is 2.67. The van der Waals surface area contributed by atoms with Gasteiger partial charge < -0.3 is 4.90 Å². The summed E-state index contributed by atoms with van der Waals surface area (Å²) >= 11 is 0. The first-order valence-electron chi connectivity index (χ1n) is 7.03. The molecule has 1 aliphatic heterocycles. The molecule has 0 radical (unpaired) electrons. The van der Waals surface area contributed by atoms with E-state index in [2.05, 4.69) is 4.98 Å². The number of anilines is 2. The predicted molar refractivity (Wildman–Crippen MR) is 83.0 cm³/mol. The second-order valence-electron chi connectivity index (χ2n) is 5.32. The van der Waals surface area contributed by atoms with Crippen LogP contribution in [0, 0.1) is 11.6 Å². The Balaban J connectivity index is 2.14. The number of sulfonamides is 1. The minimum Gasteiger partial charge on any atom is -0.373 e. The van der Waals surface area contributed by atoms with E-state index in [0.29, 0.717) is 24.3 Å². The molecule has 0 aliphatic carbocycles. The summed E-state index contributed by atoms with van der Waals surface area (Å²) in [7, 11) is -2.20. The normalized spacial score (nSPS) is 15.3. The second-order valence-corrected chi connectivity index (χ2v) is 7.19. The molecule has 0 atom stereocenters. The number of pyridine rings is 1. The minimum absolute atomic E-state index is 0.224. The number of hydrogen-bond donors (Lipinski definition) is 0. The zero-order valence-electron chi connectivity index (χ0n) is 12.4. The maximum absolute atomic E-state index is 13.5. The standard InChI is InChI=1S/C15H15F2N3O2S/c1-19-5-2-6-20(14-4-3-11(16)8-15(14)19)23(21,22)13-7-12(17)9-18-10-13/h3-4,7-10H,2,5-6H2,1H3. The molecule has 0 N–H and O–H groups in total. The van der Waals surface area contributed by atoms with Crippen molar-refractivity contribution in [2.24, 2.45) is 0 Å². The summed E-state index contributed by atoms with van der Waals surface area (Å²) < 4.78 is 53.8. The van der Waals surface area contributed by atoms with Crippen molar-refractivity contribution in [2.45, 2.75) is 11.3 Å². The topological polar surface area (TPSA) is 53.5 Å². The number of rotatable bonds is 2. The Morgan fingerprint density at radius 3 is 2.57 bits per heavy atom. The van der Waals surface area contributed by atoms with Gasteiger partial charge >= 0.3 is 0 Å². The quantitative estimate of drug-likeness (QED) is 0.843. The van der Waals surface area contributed by atoms with Crippen LogP contribution in [0.4, 0.5) is 20.2 Å². The fourth-order valence-electron chi connectivity index (χ4n) is 2.62. The van der Waals surface area contributed by atoms with Crippen molar-refractivity contribution in [1.29, 1.82) is 0 Å². The van der Waals surface area contributed by atoms with Crippen molar-refractivity contribution in [3.63, 3.8) is 0 Å². The van der Waals surface area contributed by atoms with E-state index >= 15 is 0 Å². The molecule has 1 aliphatic rings. The highest BCUT2D eigenvalue weighted by Gasteiger charge is 2.30. The van der Waals surface area contributed by atoms with E-state index in [1.165, 1.54) is 22.5 Å². The first-order valence-corrected chi connectivity index (χ1v) is 8.47. The van der Waals surface area contributed by atoms with Gasteiger partial charge in [0, 0.05) is 26.3 Å². The first kappa shape index (κ1) is 15.7. The van der Waals surface area contributed by atoms with Crippen molar-refractivity contribution in [1.82, 2.24) is 4.98 Å². The van der Waals surface area contributed by atoms with E-state index < -0.39 is 21.7 Å². The summed E-state index contributed by atoms with van der Waals surface area (Å²) in [6.45, 7) is 0.811. The highest BCUT2D eigenvalue weighted by Crippen LogP contribution is 2.35. The van der Waals surface area contributed by atoms with Crippen LogP contribution in [0.5, 0.6) is 0 Å². The molecule has 3 rings (SSSR count). The molecular weight excluding hydrogens is 324 g/mol. The van der Waals surface area contributed by atoms with Crippen molar-refractivity contribution < 1.29 is 17.2 Å². The van der Waals surface area contributed by atoms with Gasteiger partial charge in [-0.25, -0.2) is 17.2 Å². The summed E-state index contributed by atoms with van der Waals surface area (Å²) in [5, 5.41) is 0. The van der Waals surface area contributed by atoms with Gasteiger partial charge in [0.25, 0.3) is 10.0 Å². The Morgan fingerprint density at radius 1 is 1.04 bits per heavy atom. The smallest absolute Gasteiger partial charge is 0.266 e. The number of nitrogens with zero attached hydrogens (tertiary/aromatic N) is 3. The molecule has 2 heterocycles. The average molecular weight is 339 g/mol. The van der Waals surface area contributed by atoms with Crippen molar-refractivity contribution >= 4 is 21.4 Å². The molecule has 2 aromatic rings. The van der Waals surface area contributed by atoms with Gasteiger partial charge in [-0.15, -0.1) is 0 Å². The molecule has 0 bridgehead atoms. The van der Waals surface area contributed by atoms with E-state index in [-0.39, 0.29) is 11.4 Å². The number of halogens is 2. The van der Waals surface area contributed by atoms with Crippen LogP contribution in [0.3, 0.4) is 0 Å².